The van der Waals surface area contributed by atoms with E-state index < -0.39 is 5.95 Å². The van der Waals surface area contributed by atoms with Crippen LogP contribution in [0.4, 0.5) is 4.39 Å². The Kier molecular flexibility index (Phi) is 8.85. The van der Waals surface area contributed by atoms with Crippen molar-refractivity contribution in [3.8, 4) is 0 Å². The predicted molar refractivity (Wildman–Crippen MR) is 175 cm³/mol. The van der Waals surface area contributed by atoms with Crippen molar-refractivity contribution in [1.82, 2.24) is 9.55 Å². The van der Waals surface area contributed by atoms with Gasteiger partial charge < -0.3 is 5.73 Å². The molecule has 1 aliphatic rings. The van der Waals surface area contributed by atoms with Gasteiger partial charge >= 0.3 is 0 Å². The SMILES string of the molecule is CCc1ccc(/C(=C(\c2ccc(/C=C/C(N)=NC)cc2)c2ccc3c(c2)c(F)nn3PI)C2CCC2)c(Cl)c1. The van der Waals surface area contributed by atoms with Gasteiger partial charge in [-0.05, 0) is 110 Å². The van der Waals surface area contributed by atoms with E-state index in [4.69, 9.17) is 17.3 Å². The Balaban J connectivity index is 1.75. The number of allylic oxidation sites excluding steroid dienone is 1. The highest BCUT2D eigenvalue weighted by Gasteiger charge is 2.29. The number of fused-ring (bicyclic) bond motifs is 1. The van der Waals surface area contributed by atoms with Crippen LogP contribution in [0, 0.1) is 11.9 Å². The van der Waals surface area contributed by atoms with Gasteiger partial charge in [-0.25, -0.2) is 4.45 Å². The number of hydrogen-bond acceptors (Lipinski definition) is 2. The topological polar surface area (TPSA) is 56.2 Å². The minimum Gasteiger partial charge on any atom is -0.384 e. The molecule has 1 fully saturated rings. The first-order valence-corrected chi connectivity index (χ1v) is 17.5. The molecule has 0 amide bonds. The maximum Gasteiger partial charge on any atom is 0.240 e. The van der Waals surface area contributed by atoms with Crippen LogP contribution in [0.15, 0.2) is 71.7 Å². The van der Waals surface area contributed by atoms with E-state index in [0.717, 1.165) is 57.6 Å². The Labute approximate surface area is 248 Å². The van der Waals surface area contributed by atoms with Crippen LogP contribution < -0.4 is 5.73 Å². The molecule has 4 nitrogen and oxygen atoms in total. The fourth-order valence-corrected chi connectivity index (χ4v) is 6.87. The Morgan fingerprint density at radius 2 is 1.90 bits per heavy atom. The number of amidine groups is 1. The highest BCUT2D eigenvalue weighted by molar-refractivity contribution is 14.2. The molecule has 1 heterocycles. The molecule has 39 heavy (non-hydrogen) atoms. The zero-order valence-electron chi connectivity index (χ0n) is 21.9. The Hall–Kier alpha value is -2.54. The molecule has 0 radical (unpaired) electrons. The predicted octanol–water partition coefficient (Wildman–Crippen LogP) is 8.94. The fraction of sp³-hybridized carbons (Fsp3) is 0.226. The molecule has 1 saturated carbocycles. The second kappa shape index (κ2) is 12.3. The highest BCUT2D eigenvalue weighted by Crippen LogP contribution is 2.47. The smallest absolute Gasteiger partial charge is 0.240 e. The van der Waals surface area contributed by atoms with Crippen LogP contribution in [0.2, 0.25) is 5.02 Å². The van der Waals surface area contributed by atoms with Gasteiger partial charge in [0.2, 0.25) is 5.95 Å². The van der Waals surface area contributed by atoms with Crippen molar-refractivity contribution in [2.24, 2.45) is 16.6 Å². The van der Waals surface area contributed by atoms with Crippen molar-refractivity contribution in [2.75, 3.05) is 7.05 Å². The fourth-order valence-electron chi connectivity index (χ4n) is 5.05. The van der Waals surface area contributed by atoms with Gasteiger partial charge in [-0.1, -0.05) is 73.5 Å². The van der Waals surface area contributed by atoms with E-state index in [9.17, 15) is 4.39 Å². The third kappa shape index (κ3) is 5.84. The Morgan fingerprint density at radius 1 is 1.15 bits per heavy atom. The number of benzene rings is 3. The lowest BCUT2D eigenvalue weighted by Gasteiger charge is -2.32. The lowest BCUT2D eigenvalue weighted by Crippen LogP contribution is -2.15. The molecule has 0 saturated heterocycles. The van der Waals surface area contributed by atoms with E-state index in [0.29, 0.717) is 23.5 Å². The summed E-state index contributed by atoms with van der Waals surface area (Å²) in [4.78, 5) is 3.99. The lowest BCUT2D eigenvalue weighted by atomic mass is 9.73. The van der Waals surface area contributed by atoms with Crippen LogP contribution in [0.1, 0.15) is 54.0 Å². The van der Waals surface area contributed by atoms with E-state index in [2.05, 4.69) is 87.6 Å². The van der Waals surface area contributed by atoms with Crippen molar-refractivity contribution < 1.29 is 4.39 Å². The molecule has 1 aromatic heterocycles. The normalized spacial score (nSPS) is 15.5. The number of nitrogens with zero attached hydrogens (tertiary/aromatic N) is 3. The third-order valence-electron chi connectivity index (χ3n) is 7.42. The van der Waals surface area contributed by atoms with E-state index >= 15 is 0 Å². The van der Waals surface area contributed by atoms with Crippen LogP contribution in [-0.4, -0.2) is 22.4 Å². The quantitative estimate of drug-likeness (QED) is 0.0669. The number of aryl methyl sites for hydroxylation is 1. The first-order chi connectivity index (χ1) is 18.9. The zero-order chi connectivity index (χ0) is 27.5. The number of aromatic nitrogens is 2. The molecule has 8 heteroatoms. The standard InChI is InChI=1S/C31H30ClFIN4P/c1-3-19-9-14-24(26(32)17-19)30(21-5-4-6-21)29(22-11-7-20(8-12-22)10-16-28(35)36-2)23-13-15-27-25(18-23)31(33)37-38(27)39-34/h7-18,21,39H,3-6H2,1-2H3,(H2,35,36)/b16-10+,30-29+. The van der Waals surface area contributed by atoms with E-state index in [1.165, 1.54) is 17.6 Å². The summed E-state index contributed by atoms with van der Waals surface area (Å²) in [7, 11) is 1.67. The second-order valence-corrected chi connectivity index (χ2v) is 12.2. The minimum atomic E-state index is -0.443. The van der Waals surface area contributed by atoms with Crippen LogP contribution in [0.25, 0.3) is 28.1 Å². The summed E-state index contributed by atoms with van der Waals surface area (Å²) < 4.78 is 16.7. The van der Waals surface area contributed by atoms with Crippen molar-refractivity contribution >= 4 is 74.0 Å². The van der Waals surface area contributed by atoms with Gasteiger partial charge in [-0.15, -0.1) is 5.10 Å². The molecule has 1 atom stereocenters. The van der Waals surface area contributed by atoms with Gasteiger partial charge in [0.1, 0.15) is 5.84 Å². The largest absolute Gasteiger partial charge is 0.384 e. The van der Waals surface area contributed by atoms with E-state index in [1.54, 1.807) is 17.6 Å². The lowest BCUT2D eigenvalue weighted by molar-refractivity contribution is 0.401. The first-order valence-electron chi connectivity index (χ1n) is 13.0. The summed E-state index contributed by atoms with van der Waals surface area (Å²) in [6, 6.07) is 20.8. The Morgan fingerprint density at radius 3 is 2.51 bits per heavy atom. The molecule has 2 N–H and O–H groups in total. The summed E-state index contributed by atoms with van der Waals surface area (Å²) in [6.45, 7) is 2.13. The van der Waals surface area contributed by atoms with Gasteiger partial charge in [0.05, 0.1) is 17.3 Å². The monoisotopic (exact) mass is 670 g/mol. The minimum absolute atomic E-state index is 0.322. The van der Waals surface area contributed by atoms with Gasteiger partial charge in [0.15, 0.2) is 0 Å². The van der Waals surface area contributed by atoms with Crippen molar-refractivity contribution in [3.63, 3.8) is 0 Å². The van der Waals surface area contributed by atoms with Gasteiger partial charge in [0, 0.05) is 12.1 Å². The summed E-state index contributed by atoms with van der Waals surface area (Å²) in [5.74, 6) is 0.408. The zero-order valence-corrected chi connectivity index (χ0v) is 25.8. The van der Waals surface area contributed by atoms with Gasteiger partial charge in [0.25, 0.3) is 0 Å². The molecule has 5 rings (SSSR count). The highest BCUT2D eigenvalue weighted by atomic mass is 127. The maximum atomic E-state index is 15.0. The number of hydrogen-bond donors (Lipinski definition) is 1. The molecule has 0 bridgehead atoms. The Bertz CT molecular complexity index is 1600. The number of nitrogens with two attached hydrogens (primary N) is 1. The molecule has 0 aliphatic heterocycles. The average molecular weight is 671 g/mol. The molecule has 3 aromatic carbocycles. The third-order valence-corrected chi connectivity index (χ3v) is 9.61. The maximum absolute atomic E-state index is 15.0. The van der Waals surface area contributed by atoms with Crippen LogP contribution in [-0.2, 0) is 6.42 Å². The summed E-state index contributed by atoms with van der Waals surface area (Å²) in [6.07, 6.45) is 8.38. The molecular weight excluding hydrogens is 641 g/mol. The van der Waals surface area contributed by atoms with Crippen molar-refractivity contribution in [2.45, 2.75) is 32.6 Å². The number of rotatable bonds is 8. The number of aliphatic imine (C=N–C) groups is 1. The molecule has 1 unspecified atom stereocenters. The van der Waals surface area contributed by atoms with Crippen molar-refractivity contribution in [3.05, 3.63) is 106 Å². The number of halogens is 3. The first kappa shape index (κ1) is 28.0. The van der Waals surface area contributed by atoms with Crippen LogP contribution in [0.3, 0.4) is 0 Å². The molecule has 1 aliphatic carbocycles. The molecule has 4 aromatic rings. The summed E-state index contributed by atoms with van der Waals surface area (Å²) >= 11 is 9.19. The summed E-state index contributed by atoms with van der Waals surface area (Å²) in [5.41, 5.74) is 14.3. The van der Waals surface area contributed by atoms with Crippen LogP contribution in [0.5, 0.6) is 0 Å². The van der Waals surface area contributed by atoms with Gasteiger partial charge in [-0.2, -0.15) is 4.39 Å². The summed E-state index contributed by atoms with van der Waals surface area (Å²) in [5, 5.41) is 5.41. The second-order valence-electron chi connectivity index (χ2n) is 9.71. The molecule has 0 spiro atoms. The van der Waals surface area contributed by atoms with Crippen LogP contribution >= 0.6 is 40.0 Å². The van der Waals surface area contributed by atoms with E-state index in [1.807, 2.05) is 18.2 Å². The average Bonchev–Trinajstić information content (AvgIpc) is 3.25. The molecular formula is C31H30ClFIN4P. The van der Waals surface area contributed by atoms with Crippen molar-refractivity contribution in [1.29, 1.82) is 0 Å². The van der Waals surface area contributed by atoms with E-state index in [-0.39, 0.29) is 0 Å². The van der Waals surface area contributed by atoms with Gasteiger partial charge in [-0.3, -0.25) is 4.99 Å². The molecule has 200 valence electrons.